The number of piperidine rings is 1. The number of nitrogens with one attached hydrogen (secondary N) is 1. The number of imidazole rings is 1. The van der Waals surface area contributed by atoms with E-state index in [1.165, 1.54) is 18.5 Å². The van der Waals surface area contributed by atoms with Crippen molar-refractivity contribution in [1.29, 1.82) is 0 Å². The van der Waals surface area contributed by atoms with E-state index in [1.807, 2.05) is 19.6 Å². The predicted octanol–water partition coefficient (Wildman–Crippen LogP) is 0.240. The molecule has 0 saturated carbocycles. The number of amides is 1. The molecule has 112 valence electrons. The molecule has 2 heterocycles. The Hall–Kier alpha value is -1.40. The van der Waals surface area contributed by atoms with E-state index in [-0.39, 0.29) is 5.91 Å². The van der Waals surface area contributed by atoms with Crippen LogP contribution in [0.3, 0.4) is 0 Å². The molecule has 1 aliphatic heterocycles. The zero-order chi connectivity index (χ0) is 14.4. The van der Waals surface area contributed by atoms with Crippen molar-refractivity contribution in [2.45, 2.75) is 38.3 Å². The zero-order valence-electron chi connectivity index (χ0n) is 12.2. The van der Waals surface area contributed by atoms with Crippen molar-refractivity contribution < 1.29 is 4.79 Å². The van der Waals surface area contributed by atoms with Crippen LogP contribution in [0.4, 0.5) is 0 Å². The van der Waals surface area contributed by atoms with Crippen LogP contribution in [0.15, 0.2) is 12.5 Å². The van der Waals surface area contributed by atoms with Crippen LogP contribution in [0, 0.1) is 0 Å². The highest BCUT2D eigenvalue weighted by Gasteiger charge is 2.23. The highest BCUT2D eigenvalue weighted by atomic mass is 16.1. The fourth-order valence-corrected chi connectivity index (χ4v) is 2.70. The molecular formula is C14H25N5O. The summed E-state index contributed by atoms with van der Waals surface area (Å²) in [6, 6.07) is 0.417. The van der Waals surface area contributed by atoms with E-state index >= 15 is 0 Å². The van der Waals surface area contributed by atoms with E-state index < -0.39 is 0 Å². The van der Waals surface area contributed by atoms with Crippen LogP contribution in [0.1, 0.15) is 31.4 Å². The van der Waals surface area contributed by atoms with E-state index in [2.05, 4.69) is 19.8 Å². The van der Waals surface area contributed by atoms with E-state index in [1.54, 1.807) is 0 Å². The number of rotatable bonds is 6. The first kappa shape index (κ1) is 15.0. The van der Waals surface area contributed by atoms with Gasteiger partial charge in [0.05, 0.1) is 12.0 Å². The van der Waals surface area contributed by atoms with Crippen molar-refractivity contribution in [3.8, 4) is 0 Å². The summed E-state index contributed by atoms with van der Waals surface area (Å²) in [4.78, 5) is 18.2. The summed E-state index contributed by atoms with van der Waals surface area (Å²) < 4.78 is 2.05. The molecule has 1 amide bonds. The van der Waals surface area contributed by atoms with E-state index in [4.69, 9.17) is 5.73 Å². The highest BCUT2D eigenvalue weighted by molar-refractivity contribution is 5.76. The number of aromatic nitrogens is 2. The van der Waals surface area contributed by atoms with E-state index in [9.17, 15) is 4.79 Å². The van der Waals surface area contributed by atoms with Gasteiger partial charge in [-0.3, -0.25) is 9.69 Å². The lowest BCUT2D eigenvalue weighted by Gasteiger charge is -2.35. The van der Waals surface area contributed by atoms with Crippen molar-refractivity contribution in [2.75, 3.05) is 19.6 Å². The third-order valence-electron chi connectivity index (χ3n) is 3.94. The molecule has 1 atom stereocenters. The second-order valence-electron chi connectivity index (χ2n) is 5.46. The summed E-state index contributed by atoms with van der Waals surface area (Å²) in [5, 5.41) is 2.99. The SMILES string of the molecule is Cn1cncc1CN1CCCC[C@@H]1CNC(=O)CCN. The normalized spacial score (nSPS) is 20.0. The van der Waals surface area contributed by atoms with Crippen molar-refractivity contribution >= 4 is 5.91 Å². The van der Waals surface area contributed by atoms with Crippen molar-refractivity contribution in [2.24, 2.45) is 12.8 Å². The van der Waals surface area contributed by atoms with Gasteiger partial charge in [0.1, 0.15) is 0 Å². The van der Waals surface area contributed by atoms with Crippen LogP contribution in [-0.4, -0.2) is 46.0 Å². The monoisotopic (exact) mass is 279 g/mol. The van der Waals surface area contributed by atoms with Gasteiger partial charge in [0, 0.05) is 45.3 Å². The predicted molar refractivity (Wildman–Crippen MR) is 77.9 cm³/mol. The van der Waals surface area contributed by atoms with Gasteiger partial charge in [0.25, 0.3) is 0 Å². The largest absolute Gasteiger partial charge is 0.354 e. The van der Waals surface area contributed by atoms with Gasteiger partial charge >= 0.3 is 0 Å². The molecule has 1 aromatic rings. The molecule has 0 bridgehead atoms. The highest BCUT2D eigenvalue weighted by Crippen LogP contribution is 2.19. The third-order valence-corrected chi connectivity index (χ3v) is 3.94. The van der Waals surface area contributed by atoms with Crippen molar-refractivity contribution in [3.05, 3.63) is 18.2 Å². The number of nitrogens with zero attached hydrogens (tertiary/aromatic N) is 3. The molecule has 6 nitrogen and oxygen atoms in total. The van der Waals surface area contributed by atoms with E-state index in [0.717, 1.165) is 26.1 Å². The average Bonchev–Trinajstić information content (AvgIpc) is 2.84. The minimum atomic E-state index is 0.0542. The number of carbonyl (C=O) groups is 1. The molecule has 0 aromatic carbocycles. The Labute approximate surface area is 120 Å². The van der Waals surface area contributed by atoms with Crippen LogP contribution in [0.2, 0.25) is 0 Å². The summed E-state index contributed by atoms with van der Waals surface area (Å²) >= 11 is 0. The Morgan fingerprint density at radius 1 is 1.55 bits per heavy atom. The fourth-order valence-electron chi connectivity index (χ4n) is 2.70. The number of hydrogen-bond acceptors (Lipinski definition) is 4. The zero-order valence-corrected chi connectivity index (χ0v) is 12.2. The Balaban J connectivity index is 1.88. The molecular weight excluding hydrogens is 254 g/mol. The molecule has 2 rings (SSSR count). The van der Waals surface area contributed by atoms with Crippen LogP contribution < -0.4 is 11.1 Å². The molecule has 3 N–H and O–H groups in total. The Kier molecular flexibility index (Phi) is 5.55. The van der Waals surface area contributed by atoms with Crippen molar-refractivity contribution in [3.63, 3.8) is 0 Å². The molecule has 1 saturated heterocycles. The molecule has 0 unspecified atom stereocenters. The first-order chi connectivity index (χ1) is 9.70. The first-order valence-electron chi connectivity index (χ1n) is 7.36. The number of aryl methyl sites for hydroxylation is 1. The molecule has 0 spiro atoms. The maximum absolute atomic E-state index is 11.5. The fraction of sp³-hybridized carbons (Fsp3) is 0.714. The molecule has 0 aliphatic carbocycles. The molecule has 0 radical (unpaired) electrons. The quantitative estimate of drug-likeness (QED) is 0.782. The Bertz CT molecular complexity index is 431. The number of likely N-dealkylation sites (tertiary alicyclic amines) is 1. The van der Waals surface area contributed by atoms with Gasteiger partial charge in [-0.2, -0.15) is 0 Å². The average molecular weight is 279 g/mol. The maximum atomic E-state index is 11.5. The van der Waals surface area contributed by atoms with Gasteiger partial charge in [-0.1, -0.05) is 6.42 Å². The summed E-state index contributed by atoms with van der Waals surface area (Å²) in [6.07, 6.45) is 7.76. The molecule has 6 heteroatoms. The lowest BCUT2D eigenvalue weighted by atomic mass is 10.0. The summed E-state index contributed by atoms with van der Waals surface area (Å²) in [7, 11) is 2.02. The standard InChI is InChI=1S/C14H25N5O/c1-18-11-16-8-13(18)10-19-7-3-2-4-12(19)9-17-14(20)5-6-15/h8,11-12H,2-7,9-10,15H2,1H3,(H,17,20)/t12-/m1/s1. The minimum Gasteiger partial charge on any atom is -0.354 e. The van der Waals surface area contributed by atoms with Gasteiger partial charge in [-0.25, -0.2) is 4.98 Å². The Morgan fingerprint density at radius 2 is 2.40 bits per heavy atom. The van der Waals surface area contributed by atoms with Gasteiger partial charge in [-0.15, -0.1) is 0 Å². The number of hydrogen-bond donors (Lipinski definition) is 2. The van der Waals surface area contributed by atoms with Gasteiger partial charge in [-0.05, 0) is 19.4 Å². The minimum absolute atomic E-state index is 0.0542. The molecule has 20 heavy (non-hydrogen) atoms. The summed E-state index contributed by atoms with van der Waals surface area (Å²) in [6.45, 7) is 3.11. The van der Waals surface area contributed by atoms with E-state index in [0.29, 0.717) is 19.0 Å². The van der Waals surface area contributed by atoms with Crippen LogP contribution in [-0.2, 0) is 18.4 Å². The lowest BCUT2D eigenvalue weighted by Crippen LogP contribution is -2.46. The summed E-state index contributed by atoms with van der Waals surface area (Å²) in [5.41, 5.74) is 6.60. The second-order valence-corrected chi connectivity index (χ2v) is 5.46. The second kappa shape index (κ2) is 7.40. The smallest absolute Gasteiger partial charge is 0.221 e. The topological polar surface area (TPSA) is 76.2 Å². The third kappa shape index (κ3) is 4.05. The lowest BCUT2D eigenvalue weighted by molar-refractivity contribution is -0.121. The number of nitrogens with two attached hydrogens (primary N) is 1. The Morgan fingerprint density at radius 3 is 3.10 bits per heavy atom. The number of carbonyl (C=O) groups excluding carboxylic acids is 1. The van der Waals surface area contributed by atoms with Gasteiger partial charge in [0.2, 0.25) is 5.91 Å². The molecule has 1 aromatic heterocycles. The van der Waals surface area contributed by atoms with Crippen LogP contribution in [0.25, 0.3) is 0 Å². The van der Waals surface area contributed by atoms with Crippen LogP contribution in [0.5, 0.6) is 0 Å². The molecule has 1 aliphatic rings. The molecule has 1 fully saturated rings. The van der Waals surface area contributed by atoms with Gasteiger partial charge in [0.15, 0.2) is 0 Å². The van der Waals surface area contributed by atoms with Crippen molar-refractivity contribution in [1.82, 2.24) is 19.8 Å². The van der Waals surface area contributed by atoms with Crippen LogP contribution >= 0.6 is 0 Å². The maximum Gasteiger partial charge on any atom is 0.221 e. The summed E-state index contributed by atoms with van der Waals surface area (Å²) in [5.74, 6) is 0.0542. The first-order valence-corrected chi connectivity index (χ1v) is 7.36. The van der Waals surface area contributed by atoms with Gasteiger partial charge < -0.3 is 15.6 Å².